The van der Waals surface area contributed by atoms with Gasteiger partial charge < -0.3 is 5.11 Å². The van der Waals surface area contributed by atoms with Crippen molar-refractivity contribution in [2.45, 2.75) is 47.6 Å². The van der Waals surface area contributed by atoms with Crippen LogP contribution in [-0.4, -0.2) is 5.11 Å². The van der Waals surface area contributed by atoms with Gasteiger partial charge in [0.25, 0.3) is 0 Å². The smallest absolute Gasteiger partial charge is 0.0682 e. The highest BCUT2D eigenvalue weighted by Crippen LogP contribution is 2.21. The standard InChI is InChI=1S/C15H16O.2C2H6/c1-2-12-6-8-14(9-7-12)15-5-3-4-13(10-15)11-16;2*1-2/h3-10,16H,2,11H2,1H3;2*1-2H3. The predicted octanol–water partition coefficient (Wildman–Crippen LogP) is 5.46. The van der Waals surface area contributed by atoms with Crippen LogP contribution in [0.2, 0.25) is 0 Å². The van der Waals surface area contributed by atoms with Gasteiger partial charge in [-0.15, -0.1) is 0 Å². The molecule has 0 spiro atoms. The Kier molecular flexibility index (Phi) is 10.3. The van der Waals surface area contributed by atoms with Gasteiger partial charge in [0.15, 0.2) is 0 Å². The second-order valence-electron chi connectivity index (χ2n) is 3.91. The zero-order chi connectivity index (χ0) is 15.4. The number of hydrogen-bond acceptors (Lipinski definition) is 1. The molecule has 0 saturated carbocycles. The topological polar surface area (TPSA) is 20.2 Å². The number of aliphatic hydroxyl groups excluding tert-OH is 1. The van der Waals surface area contributed by atoms with E-state index in [0.29, 0.717) is 0 Å². The fourth-order valence-corrected chi connectivity index (χ4v) is 1.78. The van der Waals surface area contributed by atoms with Gasteiger partial charge in [-0.2, -0.15) is 0 Å². The van der Waals surface area contributed by atoms with Crippen LogP contribution >= 0.6 is 0 Å². The van der Waals surface area contributed by atoms with Crippen LogP contribution in [0.25, 0.3) is 11.1 Å². The Morgan fingerprint density at radius 1 is 0.750 bits per heavy atom. The Morgan fingerprint density at radius 2 is 1.35 bits per heavy atom. The van der Waals surface area contributed by atoms with Crippen molar-refractivity contribution in [2.75, 3.05) is 0 Å². The molecule has 0 amide bonds. The lowest BCUT2D eigenvalue weighted by atomic mass is 10.0. The Hall–Kier alpha value is -1.60. The maximum absolute atomic E-state index is 9.09. The lowest BCUT2D eigenvalue weighted by Gasteiger charge is -2.04. The quantitative estimate of drug-likeness (QED) is 0.786. The SMILES string of the molecule is CC.CC.CCc1ccc(-c2cccc(CO)c2)cc1. The van der Waals surface area contributed by atoms with E-state index in [2.05, 4.69) is 37.3 Å². The molecular weight excluding hydrogens is 244 g/mol. The third-order valence-corrected chi connectivity index (χ3v) is 2.81. The first kappa shape index (κ1) is 18.4. The largest absolute Gasteiger partial charge is 0.392 e. The molecule has 0 aliphatic carbocycles. The van der Waals surface area contributed by atoms with Gasteiger partial charge in [-0.05, 0) is 34.7 Å². The van der Waals surface area contributed by atoms with E-state index in [1.54, 1.807) is 0 Å². The van der Waals surface area contributed by atoms with Crippen LogP contribution in [0.1, 0.15) is 45.7 Å². The molecule has 20 heavy (non-hydrogen) atoms. The van der Waals surface area contributed by atoms with Gasteiger partial charge >= 0.3 is 0 Å². The molecular formula is C19H28O. The molecule has 1 heteroatoms. The van der Waals surface area contributed by atoms with Crippen LogP contribution in [0.4, 0.5) is 0 Å². The summed E-state index contributed by atoms with van der Waals surface area (Å²) in [6.07, 6.45) is 1.07. The highest BCUT2D eigenvalue weighted by atomic mass is 16.3. The maximum Gasteiger partial charge on any atom is 0.0682 e. The molecule has 1 N–H and O–H groups in total. The van der Waals surface area contributed by atoms with Crippen molar-refractivity contribution in [2.24, 2.45) is 0 Å². The van der Waals surface area contributed by atoms with Crippen molar-refractivity contribution in [3.8, 4) is 11.1 Å². The number of hydrogen-bond donors (Lipinski definition) is 1. The number of aryl methyl sites for hydroxylation is 1. The van der Waals surface area contributed by atoms with E-state index in [1.165, 1.54) is 11.1 Å². The molecule has 2 aromatic rings. The molecule has 0 aliphatic rings. The summed E-state index contributed by atoms with van der Waals surface area (Å²) in [5, 5.41) is 9.09. The van der Waals surface area contributed by atoms with Crippen molar-refractivity contribution in [1.82, 2.24) is 0 Å². The molecule has 0 aliphatic heterocycles. The molecule has 0 saturated heterocycles. The fourth-order valence-electron chi connectivity index (χ4n) is 1.78. The van der Waals surface area contributed by atoms with Crippen molar-refractivity contribution in [3.05, 3.63) is 59.7 Å². The van der Waals surface area contributed by atoms with Crippen LogP contribution in [0, 0.1) is 0 Å². The zero-order valence-electron chi connectivity index (χ0n) is 13.5. The molecule has 0 unspecified atom stereocenters. The average molecular weight is 272 g/mol. The summed E-state index contributed by atoms with van der Waals surface area (Å²) in [6, 6.07) is 16.6. The number of benzene rings is 2. The van der Waals surface area contributed by atoms with Gasteiger partial charge in [-0.3, -0.25) is 0 Å². The Balaban J connectivity index is 0.000000829. The van der Waals surface area contributed by atoms with Gasteiger partial charge in [0.1, 0.15) is 0 Å². The van der Waals surface area contributed by atoms with E-state index < -0.39 is 0 Å². The lowest BCUT2D eigenvalue weighted by molar-refractivity contribution is 0.282. The minimum Gasteiger partial charge on any atom is -0.392 e. The molecule has 1 nitrogen and oxygen atoms in total. The lowest BCUT2D eigenvalue weighted by Crippen LogP contribution is -1.85. The van der Waals surface area contributed by atoms with E-state index in [0.717, 1.165) is 17.5 Å². The summed E-state index contributed by atoms with van der Waals surface area (Å²) in [5.74, 6) is 0. The monoisotopic (exact) mass is 272 g/mol. The number of rotatable bonds is 3. The summed E-state index contributed by atoms with van der Waals surface area (Å²) >= 11 is 0. The summed E-state index contributed by atoms with van der Waals surface area (Å²) in [6.45, 7) is 10.3. The highest BCUT2D eigenvalue weighted by Gasteiger charge is 1.98. The molecule has 2 aromatic carbocycles. The van der Waals surface area contributed by atoms with Gasteiger partial charge in [0, 0.05) is 0 Å². The van der Waals surface area contributed by atoms with E-state index in [4.69, 9.17) is 5.11 Å². The van der Waals surface area contributed by atoms with Crippen LogP contribution in [0.5, 0.6) is 0 Å². The third kappa shape index (κ3) is 5.58. The maximum atomic E-state index is 9.09. The summed E-state index contributed by atoms with van der Waals surface area (Å²) in [5.41, 5.74) is 4.67. The Labute approximate surface area is 124 Å². The van der Waals surface area contributed by atoms with E-state index in [1.807, 2.05) is 45.9 Å². The summed E-state index contributed by atoms with van der Waals surface area (Å²) in [7, 11) is 0. The highest BCUT2D eigenvalue weighted by molar-refractivity contribution is 5.64. The van der Waals surface area contributed by atoms with Crippen LogP contribution < -0.4 is 0 Å². The summed E-state index contributed by atoms with van der Waals surface area (Å²) in [4.78, 5) is 0. The molecule has 0 radical (unpaired) electrons. The van der Waals surface area contributed by atoms with Crippen LogP contribution in [0.3, 0.4) is 0 Å². The van der Waals surface area contributed by atoms with Crippen LogP contribution in [0.15, 0.2) is 48.5 Å². The average Bonchev–Trinajstić information content (AvgIpc) is 2.58. The van der Waals surface area contributed by atoms with Crippen molar-refractivity contribution >= 4 is 0 Å². The second-order valence-corrected chi connectivity index (χ2v) is 3.91. The molecule has 110 valence electrons. The molecule has 2 rings (SSSR count). The van der Waals surface area contributed by atoms with E-state index >= 15 is 0 Å². The Morgan fingerprint density at radius 3 is 1.85 bits per heavy atom. The first-order chi connectivity index (χ1) is 9.83. The second kappa shape index (κ2) is 11.2. The molecule has 0 heterocycles. The Bertz CT molecular complexity index is 457. The molecule has 0 bridgehead atoms. The minimum atomic E-state index is 0.0981. The van der Waals surface area contributed by atoms with Crippen molar-refractivity contribution in [3.63, 3.8) is 0 Å². The molecule has 0 fully saturated rings. The van der Waals surface area contributed by atoms with Gasteiger partial charge in [-0.25, -0.2) is 0 Å². The predicted molar refractivity (Wildman–Crippen MR) is 89.9 cm³/mol. The van der Waals surface area contributed by atoms with Crippen molar-refractivity contribution in [1.29, 1.82) is 0 Å². The zero-order valence-corrected chi connectivity index (χ0v) is 13.5. The fraction of sp³-hybridized carbons (Fsp3) is 0.368. The third-order valence-electron chi connectivity index (χ3n) is 2.81. The summed E-state index contributed by atoms with van der Waals surface area (Å²) < 4.78 is 0. The van der Waals surface area contributed by atoms with E-state index in [-0.39, 0.29) is 6.61 Å². The van der Waals surface area contributed by atoms with Gasteiger partial charge in [-0.1, -0.05) is 77.1 Å². The van der Waals surface area contributed by atoms with E-state index in [9.17, 15) is 0 Å². The minimum absolute atomic E-state index is 0.0981. The first-order valence-electron chi connectivity index (χ1n) is 7.62. The van der Waals surface area contributed by atoms with Gasteiger partial charge in [0.05, 0.1) is 6.61 Å². The van der Waals surface area contributed by atoms with Gasteiger partial charge in [0.2, 0.25) is 0 Å². The molecule has 0 atom stereocenters. The van der Waals surface area contributed by atoms with Crippen LogP contribution in [-0.2, 0) is 13.0 Å². The number of aliphatic hydroxyl groups is 1. The molecule has 0 aromatic heterocycles. The normalized spacial score (nSPS) is 8.90. The first-order valence-corrected chi connectivity index (χ1v) is 7.62. The van der Waals surface area contributed by atoms with Crippen molar-refractivity contribution < 1.29 is 5.11 Å².